The van der Waals surface area contributed by atoms with Crippen molar-refractivity contribution in [3.63, 3.8) is 0 Å². The number of benzene rings is 1. The SMILES string of the molecule is CO[C@@H]1CC[C@@H](O/N=C(/C(=O)Nc2nc3ccc(N(C)CCO)nc3s2)c2ccc(S(=O)(=O)C3CC3)cc2)C1. The summed E-state index contributed by atoms with van der Waals surface area (Å²) < 4.78 is 30.6. The molecule has 5 rings (SSSR count). The highest BCUT2D eigenvalue weighted by molar-refractivity contribution is 7.92. The molecule has 13 heteroatoms. The van der Waals surface area contributed by atoms with E-state index in [0.29, 0.717) is 52.7 Å². The topological polar surface area (TPSA) is 143 Å². The zero-order valence-electron chi connectivity index (χ0n) is 21.7. The van der Waals surface area contributed by atoms with Gasteiger partial charge in [-0.2, -0.15) is 0 Å². The molecule has 2 atom stereocenters. The standard InChI is InChI=1S/C26H31N5O6S2/c1-31(13-14-32)22-12-11-21-25(28-22)38-26(27-21)29-24(33)23(30-37-18-6-5-17(15-18)36-2)16-3-7-19(8-4-16)39(34,35)20-9-10-20/h3-4,7-8,11-12,17-18,20,32H,5-6,9-10,13-15H2,1-2H3,(H,27,29,33)/b30-23+/t17-,18-/m1/s1. The van der Waals surface area contributed by atoms with Crippen molar-refractivity contribution in [2.75, 3.05) is 37.5 Å². The van der Waals surface area contributed by atoms with Crippen LogP contribution in [0.3, 0.4) is 0 Å². The molecule has 2 N–H and O–H groups in total. The number of fused-ring (bicyclic) bond motifs is 1. The van der Waals surface area contributed by atoms with Gasteiger partial charge in [-0.3, -0.25) is 10.1 Å². The molecule has 2 aliphatic carbocycles. The third-order valence-corrected chi connectivity index (χ3v) is 10.0. The number of aromatic nitrogens is 2. The highest BCUT2D eigenvalue weighted by Crippen LogP contribution is 2.33. The van der Waals surface area contributed by atoms with Crippen LogP contribution in [-0.4, -0.2) is 79.9 Å². The van der Waals surface area contributed by atoms with Crippen LogP contribution >= 0.6 is 11.3 Å². The summed E-state index contributed by atoms with van der Waals surface area (Å²) in [4.78, 5) is 30.9. The van der Waals surface area contributed by atoms with E-state index in [-0.39, 0.29) is 34.7 Å². The fraction of sp³-hybridized carbons (Fsp3) is 0.462. The van der Waals surface area contributed by atoms with Crippen LogP contribution in [0.25, 0.3) is 10.3 Å². The second-order valence-corrected chi connectivity index (χ2v) is 12.9. The summed E-state index contributed by atoms with van der Waals surface area (Å²) in [6.07, 6.45) is 3.52. The molecular formula is C26H31N5O6S2. The van der Waals surface area contributed by atoms with Crippen LogP contribution in [0, 0.1) is 0 Å². The molecule has 2 heterocycles. The minimum absolute atomic E-state index is 0.00483. The molecule has 11 nitrogen and oxygen atoms in total. The van der Waals surface area contributed by atoms with Crippen LogP contribution in [0.2, 0.25) is 0 Å². The Hall–Kier alpha value is -3.13. The van der Waals surface area contributed by atoms with Crippen LogP contribution in [0.4, 0.5) is 10.9 Å². The smallest absolute Gasteiger partial charge is 0.280 e. The Morgan fingerprint density at radius 1 is 1.13 bits per heavy atom. The summed E-state index contributed by atoms with van der Waals surface area (Å²) >= 11 is 1.22. The van der Waals surface area contributed by atoms with Crippen LogP contribution in [0.5, 0.6) is 0 Å². The van der Waals surface area contributed by atoms with Crippen molar-refractivity contribution in [1.29, 1.82) is 0 Å². The molecule has 0 aliphatic heterocycles. The molecule has 2 saturated carbocycles. The van der Waals surface area contributed by atoms with Gasteiger partial charge in [-0.15, -0.1) is 0 Å². The number of aliphatic hydroxyl groups excluding tert-OH is 1. The highest BCUT2D eigenvalue weighted by atomic mass is 32.2. The Morgan fingerprint density at radius 2 is 1.87 bits per heavy atom. The zero-order valence-corrected chi connectivity index (χ0v) is 23.4. The molecule has 2 aromatic heterocycles. The van der Waals surface area contributed by atoms with Crippen molar-refractivity contribution in [2.24, 2.45) is 5.16 Å². The van der Waals surface area contributed by atoms with Gasteiger partial charge in [0, 0.05) is 32.7 Å². The maximum Gasteiger partial charge on any atom is 0.280 e. The van der Waals surface area contributed by atoms with Crippen LogP contribution in [0.15, 0.2) is 46.4 Å². The lowest BCUT2D eigenvalue weighted by atomic mass is 10.1. The third-order valence-electron chi connectivity index (χ3n) is 6.89. The molecule has 0 spiro atoms. The van der Waals surface area contributed by atoms with Crippen molar-refractivity contribution in [1.82, 2.24) is 9.97 Å². The monoisotopic (exact) mass is 573 g/mol. The number of ether oxygens (including phenoxy) is 1. The number of amides is 1. The van der Waals surface area contributed by atoms with Crippen molar-refractivity contribution in [3.8, 4) is 0 Å². The number of methoxy groups -OCH3 is 1. The van der Waals surface area contributed by atoms with E-state index >= 15 is 0 Å². The Morgan fingerprint density at radius 3 is 2.54 bits per heavy atom. The summed E-state index contributed by atoms with van der Waals surface area (Å²) in [5, 5.41) is 16.2. The van der Waals surface area contributed by atoms with Gasteiger partial charge in [0.25, 0.3) is 5.91 Å². The van der Waals surface area contributed by atoms with Gasteiger partial charge >= 0.3 is 0 Å². The number of likely N-dealkylation sites (N-methyl/N-ethyl adjacent to an activating group) is 1. The van der Waals surface area contributed by atoms with Crippen LogP contribution in [-0.2, 0) is 24.2 Å². The number of aliphatic hydroxyl groups is 1. The number of oxime groups is 1. The summed E-state index contributed by atoms with van der Waals surface area (Å²) in [5.41, 5.74) is 1.06. The maximum atomic E-state index is 13.4. The Kier molecular flexibility index (Phi) is 8.12. The molecule has 39 heavy (non-hydrogen) atoms. The van der Waals surface area contributed by atoms with Crippen molar-refractivity contribution in [3.05, 3.63) is 42.0 Å². The number of carbonyl (C=O) groups excluding carboxylic acids is 1. The summed E-state index contributed by atoms with van der Waals surface area (Å²) in [7, 11) is 0.132. The summed E-state index contributed by atoms with van der Waals surface area (Å²) in [5.74, 6) is 0.145. The van der Waals surface area contributed by atoms with Gasteiger partial charge in [0.05, 0.1) is 22.9 Å². The van der Waals surface area contributed by atoms with Gasteiger partial charge in [0.2, 0.25) is 0 Å². The summed E-state index contributed by atoms with van der Waals surface area (Å²) in [6.45, 7) is 0.443. The van der Waals surface area contributed by atoms with Crippen LogP contribution in [0.1, 0.15) is 37.7 Å². The fourth-order valence-electron chi connectivity index (χ4n) is 4.43. The third kappa shape index (κ3) is 6.21. The number of carbonyl (C=O) groups is 1. The predicted octanol–water partition coefficient (Wildman–Crippen LogP) is 2.98. The van der Waals surface area contributed by atoms with Crippen LogP contribution < -0.4 is 10.2 Å². The number of hydrogen-bond donors (Lipinski definition) is 2. The highest BCUT2D eigenvalue weighted by Gasteiger charge is 2.37. The number of hydrogen-bond acceptors (Lipinski definition) is 11. The molecule has 208 valence electrons. The molecule has 0 saturated heterocycles. The van der Waals surface area contributed by atoms with E-state index in [1.165, 1.54) is 23.5 Å². The minimum atomic E-state index is -3.36. The van der Waals surface area contributed by atoms with E-state index in [0.717, 1.165) is 12.8 Å². The molecule has 0 unspecified atom stereocenters. The second kappa shape index (κ2) is 11.5. The van der Waals surface area contributed by atoms with E-state index in [4.69, 9.17) is 9.57 Å². The van der Waals surface area contributed by atoms with Gasteiger partial charge in [-0.05, 0) is 49.9 Å². The van der Waals surface area contributed by atoms with E-state index in [2.05, 4.69) is 20.4 Å². The van der Waals surface area contributed by atoms with E-state index in [9.17, 15) is 18.3 Å². The van der Waals surface area contributed by atoms with E-state index in [1.807, 2.05) is 11.9 Å². The Bertz CT molecular complexity index is 1470. The van der Waals surface area contributed by atoms with E-state index < -0.39 is 15.7 Å². The normalized spacial score (nSPS) is 19.8. The van der Waals surface area contributed by atoms with Crippen molar-refractivity contribution >= 4 is 54.1 Å². The number of anilines is 2. The molecule has 1 aromatic carbocycles. The molecule has 2 aliphatic rings. The number of sulfone groups is 1. The molecule has 3 aromatic rings. The largest absolute Gasteiger partial charge is 0.395 e. The predicted molar refractivity (Wildman–Crippen MR) is 149 cm³/mol. The number of pyridine rings is 1. The molecular weight excluding hydrogens is 542 g/mol. The molecule has 2 fully saturated rings. The quantitative estimate of drug-likeness (QED) is 0.261. The first kappa shape index (κ1) is 27.4. The number of thiazole rings is 1. The average molecular weight is 574 g/mol. The number of nitrogens with zero attached hydrogens (tertiary/aromatic N) is 4. The number of nitrogens with one attached hydrogen (secondary N) is 1. The molecule has 1 amide bonds. The lowest BCUT2D eigenvalue weighted by Gasteiger charge is -2.15. The van der Waals surface area contributed by atoms with E-state index in [1.54, 1.807) is 31.4 Å². The lowest BCUT2D eigenvalue weighted by Crippen LogP contribution is -2.25. The first-order chi connectivity index (χ1) is 18.8. The Labute approximate surface area is 230 Å². The van der Waals surface area contributed by atoms with Gasteiger partial charge in [0.15, 0.2) is 20.7 Å². The molecule has 0 bridgehead atoms. The van der Waals surface area contributed by atoms with Crippen molar-refractivity contribution < 1.29 is 27.9 Å². The second-order valence-electron chi connectivity index (χ2n) is 9.72. The van der Waals surface area contributed by atoms with Crippen molar-refractivity contribution in [2.45, 2.75) is 54.5 Å². The maximum absolute atomic E-state index is 13.4. The van der Waals surface area contributed by atoms with Gasteiger partial charge < -0.3 is 19.6 Å². The summed E-state index contributed by atoms with van der Waals surface area (Å²) in [6, 6.07) is 9.78. The fourth-order valence-corrected chi connectivity index (χ4v) is 6.92. The zero-order chi connectivity index (χ0) is 27.6. The first-order valence-corrected chi connectivity index (χ1v) is 15.2. The lowest BCUT2D eigenvalue weighted by molar-refractivity contribution is -0.110. The van der Waals surface area contributed by atoms with Gasteiger partial charge in [0.1, 0.15) is 22.3 Å². The minimum Gasteiger partial charge on any atom is -0.395 e. The number of rotatable bonds is 11. The van der Waals surface area contributed by atoms with Gasteiger partial charge in [-0.25, -0.2) is 18.4 Å². The first-order valence-electron chi connectivity index (χ1n) is 12.8. The van der Waals surface area contributed by atoms with Gasteiger partial charge in [-0.1, -0.05) is 28.6 Å². The average Bonchev–Trinajstić information content (AvgIpc) is 3.57. The molecule has 0 radical (unpaired) electrons. The Balaban J connectivity index is 1.38.